The molecular formula is C32H44NOP. The van der Waals surface area contributed by atoms with E-state index in [0.717, 1.165) is 12.2 Å². The van der Waals surface area contributed by atoms with E-state index in [9.17, 15) is 0 Å². The van der Waals surface area contributed by atoms with Crippen LogP contribution >= 0.6 is 8.58 Å². The van der Waals surface area contributed by atoms with Crippen LogP contribution in [-0.4, -0.2) is 18.4 Å². The van der Waals surface area contributed by atoms with E-state index in [-0.39, 0.29) is 16.4 Å². The molecule has 0 saturated heterocycles. The highest BCUT2D eigenvalue weighted by Crippen LogP contribution is 2.37. The normalized spacial score (nSPS) is 17.1. The van der Waals surface area contributed by atoms with E-state index in [4.69, 9.17) is 9.73 Å². The Morgan fingerprint density at radius 1 is 0.914 bits per heavy atom. The van der Waals surface area contributed by atoms with E-state index in [0.29, 0.717) is 21.1 Å². The Hall–Kier alpha value is -2.18. The van der Waals surface area contributed by atoms with E-state index in [1.807, 2.05) is 6.21 Å². The van der Waals surface area contributed by atoms with Gasteiger partial charge >= 0.3 is 0 Å². The topological polar surface area (TPSA) is 21.6 Å². The number of allylic oxidation sites excluding steroid dienone is 3. The van der Waals surface area contributed by atoms with Crippen LogP contribution in [0, 0.1) is 5.92 Å². The maximum Gasteiger partial charge on any atom is 0.130 e. The van der Waals surface area contributed by atoms with Crippen LogP contribution in [0.2, 0.25) is 0 Å². The molecule has 0 heterocycles. The molecule has 0 amide bonds. The van der Waals surface area contributed by atoms with E-state index < -0.39 is 0 Å². The zero-order valence-corrected chi connectivity index (χ0v) is 24.2. The van der Waals surface area contributed by atoms with Crippen LogP contribution in [0.4, 0.5) is 0 Å². The lowest BCUT2D eigenvalue weighted by Gasteiger charge is -2.30. The summed E-state index contributed by atoms with van der Waals surface area (Å²) in [7, 11) is 0.489. The van der Waals surface area contributed by atoms with Crippen molar-refractivity contribution in [1.29, 1.82) is 0 Å². The third kappa shape index (κ3) is 7.91. The van der Waals surface area contributed by atoms with Crippen LogP contribution in [0.15, 0.2) is 65.7 Å². The maximum absolute atomic E-state index is 6.72. The smallest absolute Gasteiger partial charge is 0.130 e. The van der Waals surface area contributed by atoms with E-state index in [1.54, 1.807) is 0 Å². The van der Waals surface area contributed by atoms with Crippen molar-refractivity contribution < 1.29 is 4.74 Å². The first-order valence-electron chi connectivity index (χ1n) is 12.8. The lowest BCUT2D eigenvalue weighted by molar-refractivity contribution is 0.271. The first-order chi connectivity index (χ1) is 16.2. The van der Waals surface area contributed by atoms with Gasteiger partial charge in [-0.25, -0.2) is 0 Å². The third-order valence-corrected chi connectivity index (χ3v) is 7.46. The summed E-state index contributed by atoms with van der Waals surface area (Å²) >= 11 is 0. The van der Waals surface area contributed by atoms with E-state index in [1.165, 1.54) is 27.3 Å². The number of nitrogens with zero attached hydrogens (tertiary/aromatic N) is 1. The zero-order chi connectivity index (χ0) is 25.9. The molecule has 2 unspecified atom stereocenters. The Morgan fingerprint density at radius 2 is 1.63 bits per heavy atom. The number of ether oxygens (including phenoxy) is 1. The minimum absolute atomic E-state index is 0.0225. The van der Waals surface area contributed by atoms with Crippen LogP contribution in [0.5, 0.6) is 5.75 Å². The Balaban J connectivity index is 2.10. The zero-order valence-electron chi connectivity index (χ0n) is 23.2. The summed E-state index contributed by atoms with van der Waals surface area (Å²) in [5.74, 6) is 1.48. The second-order valence-corrected chi connectivity index (χ2v) is 14.0. The molecular weight excluding hydrogens is 445 g/mol. The Morgan fingerprint density at radius 3 is 2.23 bits per heavy atom. The Bertz CT molecular complexity index is 1100. The molecule has 1 aliphatic rings. The van der Waals surface area contributed by atoms with Gasteiger partial charge in [0.05, 0.1) is 12.1 Å². The lowest BCUT2D eigenvalue weighted by atomic mass is 9.80. The molecule has 0 spiro atoms. The van der Waals surface area contributed by atoms with Crippen LogP contribution in [0.1, 0.15) is 85.4 Å². The summed E-state index contributed by atoms with van der Waals surface area (Å²) in [6.45, 7) is 20.9. The largest absolute Gasteiger partial charge is 0.492 e. The summed E-state index contributed by atoms with van der Waals surface area (Å²) in [5, 5.41) is 2.59. The fourth-order valence-corrected chi connectivity index (χ4v) is 5.25. The average Bonchev–Trinajstić information content (AvgIpc) is 2.76. The number of benzene rings is 2. The molecule has 3 heteroatoms. The molecule has 1 aliphatic carbocycles. The molecule has 35 heavy (non-hydrogen) atoms. The van der Waals surface area contributed by atoms with Crippen molar-refractivity contribution in [2.75, 3.05) is 6.61 Å². The van der Waals surface area contributed by atoms with Crippen LogP contribution in [0.25, 0.3) is 0 Å². The van der Waals surface area contributed by atoms with Crippen molar-refractivity contribution in [3.63, 3.8) is 0 Å². The summed E-state index contributed by atoms with van der Waals surface area (Å²) < 4.78 is 6.72. The fraction of sp³-hybridized carbons (Fsp3) is 0.469. The van der Waals surface area contributed by atoms with Gasteiger partial charge in [0.25, 0.3) is 0 Å². The number of rotatable bonds is 6. The van der Waals surface area contributed by atoms with Crippen LogP contribution < -0.4 is 15.3 Å². The average molecular weight is 490 g/mol. The Kier molecular flexibility index (Phi) is 8.48. The lowest BCUT2D eigenvalue weighted by Crippen LogP contribution is -2.25. The predicted molar refractivity (Wildman–Crippen MR) is 157 cm³/mol. The second kappa shape index (κ2) is 10.8. The molecule has 2 atom stereocenters. The van der Waals surface area contributed by atoms with Crippen molar-refractivity contribution in [2.45, 2.75) is 85.1 Å². The summed E-state index contributed by atoms with van der Waals surface area (Å²) in [4.78, 5) is 4.80. The summed E-state index contributed by atoms with van der Waals surface area (Å²) in [6, 6.07) is 13.4. The minimum Gasteiger partial charge on any atom is -0.492 e. The molecule has 0 N–H and O–H groups in total. The Labute approximate surface area is 215 Å². The van der Waals surface area contributed by atoms with Gasteiger partial charge in [-0.2, -0.15) is 0 Å². The van der Waals surface area contributed by atoms with Crippen molar-refractivity contribution in [3.8, 4) is 5.75 Å². The predicted octanol–water partition coefficient (Wildman–Crippen LogP) is 7.64. The van der Waals surface area contributed by atoms with Gasteiger partial charge in [0, 0.05) is 28.6 Å². The molecule has 0 saturated carbocycles. The summed E-state index contributed by atoms with van der Waals surface area (Å²) in [5.41, 5.74) is 3.78. The van der Waals surface area contributed by atoms with Crippen LogP contribution in [0.3, 0.4) is 0 Å². The van der Waals surface area contributed by atoms with E-state index in [2.05, 4.69) is 123 Å². The van der Waals surface area contributed by atoms with Crippen molar-refractivity contribution in [2.24, 2.45) is 10.9 Å². The molecule has 0 bridgehead atoms. The monoisotopic (exact) mass is 489 g/mol. The molecule has 2 aromatic rings. The highest BCUT2D eigenvalue weighted by atomic mass is 31.1. The van der Waals surface area contributed by atoms with Crippen LogP contribution in [-0.2, 0) is 10.8 Å². The van der Waals surface area contributed by atoms with Gasteiger partial charge in [-0.05, 0) is 55.0 Å². The second-order valence-electron chi connectivity index (χ2n) is 12.7. The highest BCUT2D eigenvalue weighted by Gasteiger charge is 2.27. The number of hydrogen-bond donors (Lipinski definition) is 0. The third-order valence-electron chi connectivity index (χ3n) is 6.10. The highest BCUT2D eigenvalue weighted by molar-refractivity contribution is 7.56. The first kappa shape index (κ1) is 27.4. The van der Waals surface area contributed by atoms with Gasteiger partial charge in [0.1, 0.15) is 5.75 Å². The molecule has 0 fully saturated rings. The van der Waals surface area contributed by atoms with Crippen molar-refractivity contribution in [1.82, 2.24) is 0 Å². The standard InChI is InChI=1S/C32H44NOP/c1-30(2,3)25-19-26(31(4,5)6)29(34-22-23-15-11-10-12-16-23)28(20-25)35-27-18-14-13-17-24(27)21-33-32(7,8)9/h10-15,17-21,23,35H,16,22H2,1-9H3. The maximum atomic E-state index is 6.72. The number of hydrogen-bond acceptors (Lipinski definition) is 2. The molecule has 0 radical (unpaired) electrons. The summed E-state index contributed by atoms with van der Waals surface area (Å²) in [6.07, 6.45) is 11.8. The fourth-order valence-electron chi connectivity index (χ4n) is 3.94. The number of aliphatic imine (C=N–C) groups is 1. The molecule has 3 rings (SSSR count). The quantitative estimate of drug-likeness (QED) is 0.302. The molecule has 0 aromatic heterocycles. The SMILES string of the molecule is CC(C)(C)N=Cc1ccccc1Pc1cc(C(C)(C)C)cc(C(C)(C)C)c1OCC1C=CC=CC1. The van der Waals surface area contributed by atoms with Gasteiger partial charge in [0.2, 0.25) is 0 Å². The van der Waals surface area contributed by atoms with Crippen molar-refractivity contribution in [3.05, 3.63) is 77.4 Å². The van der Waals surface area contributed by atoms with Gasteiger partial charge in [-0.1, -0.05) is 105 Å². The van der Waals surface area contributed by atoms with Gasteiger partial charge in [-0.15, -0.1) is 0 Å². The molecule has 2 nitrogen and oxygen atoms in total. The first-order valence-corrected chi connectivity index (χ1v) is 13.8. The van der Waals surface area contributed by atoms with Crippen molar-refractivity contribution >= 4 is 25.4 Å². The molecule has 2 aromatic carbocycles. The van der Waals surface area contributed by atoms with Gasteiger partial charge in [-0.3, -0.25) is 4.99 Å². The van der Waals surface area contributed by atoms with Gasteiger partial charge in [0.15, 0.2) is 0 Å². The minimum atomic E-state index is -0.0992. The van der Waals surface area contributed by atoms with E-state index >= 15 is 0 Å². The molecule has 188 valence electrons. The van der Waals surface area contributed by atoms with Gasteiger partial charge < -0.3 is 4.74 Å². The molecule has 0 aliphatic heterocycles.